The monoisotopic (exact) mass is 277 g/mol. The number of hydrogen-bond donors (Lipinski definition) is 1. The third kappa shape index (κ3) is 4.22. The van der Waals surface area contributed by atoms with E-state index in [1.165, 1.54) is 11.1 Å². The van der Waals surface area contributed by atoms with Crippen molar-refractivity contribution in [3.8, 4) is 5.75 Å². The van der Waals surface area contributed by atoms with Gasteiger partial charge in [-0.3, -0.25) is 0 Å². The topological polar surface area (TPSA) is 30.5 Å². The maximum absolute atomic E-state index is 5.64. The lowest BCUT2D eigenvalue weighted by Crippen LogP contribution is -2.23. The van der Waals surface area contributed by atoms with Crippen LogP contribution in [0.4, 0.5) is 0 Å². The number of hydrogen-bond acceptors (Lipinski definition) is 3. The van der Waals surface area contributed by atoms with Crippen molar-refractivity contribution in [1.29, 1.82) is 0 Å². The van der Waals surface area contributed by atoms with Crippen molar-refractivity contribution in [2.24, 2.45) is 0 Å². The molecular formula is C17H27NO2. The molecule has 1 aliphatic heterocycles. The number of ether oxygens (including phenoxy) is 2. The van der Waals surface area contributed by atoms with E-state index in [1.54, 1.807) is 0 Å². The van der Waals surface area contributed by atoms with Crippen molar-refractivity contribution in [2.45, 2.75) is 45.6 Å². The summed E-state index contributed by atoms with van der Waals surface area (Å²) < 4.78 is 11.2. The predicted molar refractivity (Wildman–Crippen MR) is 82.4 cm³/mol. The molecular weight excluding hydrogens is 250 g/mol. The Kier molecular flexibility index (Phi) is 6.34. The SMILES string of the molecule is CCCNC(CCOCCC)c1ccc2c(c1)CCO2. The molecule has 0 radical (unpaired) electrons. The lowest BCUT2D eigenvalue weighted by molar-refractivity contribution is 0.124. The Labute approximate surface area is 122 Å². The van der Waals surface area contributed by atoms with Crippen LogP contribution in [-0.2, 0) is 11.2 Å². The summed E-state index contributed by atoms with van der Waals surface area (Å²) in [6.45, 7) is 7.90. The van der Waals surface area contributed by atoms with Gasteiger partial charge in [0.25, 0.3) is 0 Å². The summed E-state index contributed by atoms with van der Waals surface area (Å²) in [6.07, 6.45) is 4.30. The van der Waals surface area contributed by atoms with Crippen LogP contribution in [0.15, 0.2) is 18.2 Å². The van der Waals surface area contributed by atoms with Crippen molar-refractivity contribution < 1.29 is 9.47 Å². The fourth-order valence-electron chi connectivity index (χ4n) is 2.58. The highest BCUT2D eigenvalue weighted by Crippen LogP contribution is 2.29. The quantitative estimate of drug-likeness (QED) is 0.701. The van der Waals surface area contributed by atoms with Crippen LogP contribution in [0.3, 0.4) is 0 Å². The highest BCUT2D eigenvalue weighted by atomic mass is 16.5. The molecule has 0 fully saturated rings. The van der Waals surface area contributed by atoms with Gasteiger partial charge in [-0.15, -0.1) is 0 Å². The largest absolute Gasteiger partial charge is 0.493 e. The van der Waals surface area contributed by atoms with Crippen LogP contribution in [0.1, 0.15) is 50.3 Å². The Balaban J connectivity index is 1.97. The maximum atomic E-state index is 5.64. The minimum Gasteiger partial charge on any atom is -0.493 e. The van der Waals surface area contributed by atoms with Crippen molar-refractivity contribution in [3.63, 3.8) is 0 Å². The smallest absolute Gasteiger partial charge is 0.122 e. The number of benzene rings is 1. The zero-order valence-corrected chi connectivity index (χ0v) is 12.8. The lowest BCUT2D eigenvalue weighted by Gasteiger charge is -2.19. The zero-order chi connectivity index (χ0) is 14.2. The van der Waals surface area contributed by atoms with Crippen LogP contribution in [0.5, 0.6) is 5.75 Å². The molecule has 1 aromatic rings. The van der Waals surface area contributed by atoms with Crippen LogP contribution in [0.2, 0.25) is 0 Å². The summed E-state index contributed by atoms with van der Waals surface area (Å²) in [5.41, 5.74) is 2.71. The van der Waals surface area contributed by atoms with Gasteiger partial charge in [0.1, 0.15) is 5.75 Å². The molecule has 0 bridgehead atoms. The molecule has 2 rings (SSSR count). The van der Waals surface area contributed by atoms with Gasteiger partial charge in [0, 0.05) is 25.7 Å². The minimum atomic E-state index is 0.387. The van der Waals surface area contributed by atoms with Crippen molar-refractivity contribution >= 4 is 0 Å². The van der Waals surface area contributed by atoms with Crippen LogP contribution in [0.25, 0.3) is 0 Å². The van der Waals surface area contributed by atoms with Gasteiger partial charge >= 0.3 is 0 Å². The van der Waals surface area contributed by atoms with E-state index in [9.17, 15) is 0 Å². The van der Waals surface area contributed by atoms with E-state index in [2.05, 4.69) is 37.4 Å². The summed E-state index contributed by atoms with van der Waals surface area (Å²) in [4.78, 5) is 0. The van der Waals surface area contributed by atoms with Gasteiger partial charge < -0.3 is 14.8 Å². The summed E-state index contributed by atoms with van der Waals surface area (Å²) >= 11 is 0. The molecule has 0 saturated heterocycles. The Hall–Kier alpha value is -1.06. The molecule has 0 aromatic heterocycles. The third-order valence-corrected chi connectivity index (χ3v) is 3.66. The summed E-state index contributed by atoms with van der Waals surface area (Å²) in [5, 5.41) is 3.63. The molecule has 0 aliphatic carbocycles. The number of rotatable bonds is 9. The first-order valence-electron chi connectivity index (χ1n) is 7.92. The minimum absolute atomic E-state index is 0.387. The normalized spacial score (nSPS) is 14.9. The van der Waals surface area contributed by atoms with Crippen molar-refractivity contribution in [3.05, 3.63) is 29.3 Å². The van der Waals surface area contributed by atoms with Gasteiger partial charge in [0.2, 0.25) is 0 Å². The molecule has 112 valence electrons. The van der Waals surface area contributed by atoms with Gasteiger partial charge in [-0.2, -0.15) is 0 Å². The van der Waals surface area contributed by atoms with E-state index in [4.69, 9.17) is 9.47 Å². The second kappa shape index (κ2) is 8.28. The second-order valence-electron chi connectivity index (χ2n) is 5.37. The fraction of sp³-hybridized carbons (Fsp3) is 0.647. The standard InChI is InChI=1S/C17H27NO2/c1-3-9-18-16(8-11-19-10-4-2)14-5-6-17-15(13-14)7-12-20-17/h5-6,13,16,18H,3-4,7-12H2,1-2H3. The van der Waals surface area contributed by atoms with Gasteiger partial charge in [0.05, 0.1) is 6.61 Å². The number of fused-ring (bicyclic) bond motifs is 1. The van der Waals surface area contributed by atoms with E-state index in [-0.39, 0.29) is 0 Å². The molecule has 0 amide bonds. The first-order chi connectivity index (χ1) is 9.85. The third-order valence-electron chi connectivity index (χ3n) is 3.66. The molecule has 3 nitrogen and oxygen atoms in total. The van der Waals surface area contributed by atoms with E-state index in [0.717, 1.165) is 57.8 Å². The molecule has 1 aromatic carbocycles. The van der Waals surface area contributed by atoms with E-state index in [0.29, 0.717) is 6.04 Å². The number of nitrogens with one attached hydrogen (secondary N) is 1. The van der Waals surface area contributed by atoms with Gasteiger partial charge in [0.15, 0.2) is 0 Å². The van der Waals surface area contributed by atoms with Crippen LogP contribution in [-0.4, -0.2) is 26.4 Å². The Morgan fingerprint density at radius 2 is 2.15 bits per heavy atom. The highest BCUT2D eigenvalue weighted by Gasteiger charge is 2.16. The van der Waals surface area contributed by atoms with Crippen LogP contribution >= 0.6 is 0 Å². The van der Waals surface area contributed by atoms with Crippen molar-refractivity contribution in [2.75, 3.05) is 26.4 Å². The summed E-state index contributed by atoms with van der Waals surface area (Å²) in [6, 6.07) is 7.00. The first-order valence-corrected chi connectivity index (χ1v) is 7.92. The molecule has 20 heavy (non-hydrogen) atoms. The van der Waals surface area contributed by atoms with Crippen molar-refractivity contribution in [1.82, 2.24) is 5.32 Å². The van der Waals surface area contributed by atoms with Gasteiger partial charge in [-0.1, -0.05) is 26.0 Å². The fourth-order valence-corrected chi connectivity index (χ4v) is 2.58. The zero-order valence-electron chi connectivity index (χ0n) is 12.8. The molecule has 1 atom stereocenters. The van der Waals surface area contributed by atoms with Gasteiger partial charge in [-0.05, 0) is 43.0 Å². The first kappa shape index (κ1) is 15.3. The average molecular weight is 277 g/mol. The van der Waals surface area contributed by atoms with Crippen LogP contribution < -0.4 is 10.1 Å². The average Bonchev–Trinajstić information content (AvgIpc) is 2.94. The highest BCUT2D eigenvalue weighted by molar-refractivity contribution is 5.40. The molecule has 1 N–H and O–H groups in total. The molecule has 0 spiro atoms. The van der Waals surface area contributed by atoms with E-state index in [1.807, 2.05) is 0 Å². The van der Waals surface area contributed by atoms with E-state index < -0.39 is 0 Å². The summed E-state index contributed by atoms with van der Waals surface area (Å²) in [7, 11) is 0. The Morgan fingerprint density at radius 1 is 1.25 bits per heavy atom. The lowest BCUT2D eigenvalue weighted by atomic mass is 10.0. The maximum Gasteiger partial charge on any atom is 0.122 e. The van der Waals surface area contributed by atoms with Gasteiger partial charge in [-0.25, -0.2) is 0 Å². The predicted octanol–water partition coefficient (Wildman–Crippen LogP) is 3.48. The van der Waals surface area contributed by atoms with E-state index >= 15 is 0 Å². The summed E-state index contributed by atoms with van der Waals surface area (Å²) in [5.74, 6) is 1.06. The molecule has 1 unspecified atom stereocenters. The second-order valence-corrected chi connectivity index (χ2v) is 5.37. The Bertz CT molecular complexity index is 406. The van der Waals surface area contributed by atoms with Crippen LogP contribution in [0, 0.1) is 0 Å². The molecule has 3 heteroatoms. The molecule has 1 aliphatic rings. The molecule has 1 heterocycles. The molecule has 0 saturated carbocycles. The Morgan fingerprint density at radius 3 is 2.95 bits per heavy atom.